The molecule has 8 nitrogen and oxygen atoms in total. The van der Waals surface area contributed by atoms with E-state index in [9.17, 15) is 18.0 Å². The molecule has 0 aliphatic carbocycles. The number of benzene rings is 2. The number of esters is 1. The number of nitrogens with zero attached hydrogens (tertiary/aromatic N) is 1. The maximum absolute atomic E-state index is 12.9. The summed E-state index contributed by atoms with van der Waals surface area (Å²) in [5.74, 6) is -1.21. The van der Waals surface area contributed by atoms with Crippen LogP contribution in [0.25, 0.3) is 0 Å². The van der Waals surface area contributed by atoms with Gasteiger partial charge in [-0.3, -0.25) is 4.79 Å². The van der Waals surface area contributed by atoms with E-state index < -0.39 is 28.5 Å². The molecule has 166 valence electrons. The maximum atomic E-state index is 12.9. The van der Waals surface area contributed by atoms with Gasteiger partial charge in [0.2, 0.25) is 10.0 Å². The van der Waals surface area contributed by atoms with Crippen molar-refractivity contribution in [1.29, 1.82) is 0 Å². The number of rotatable bonds is 6. The molecule has 1 fully saturated rings. The van der Waals surface area contributed by atoms with Crippen molar-refractivity contribution >= 4 is 39.2 Å². The predicted molar refractivity (Wildman–Crippen MR) is 116 cm³/mol. The summed E-state index contributed by atoms with van der Waals surface area (Å²) in [5.41, 5.74) is 2.33. The summed E-state index contributed by atoms with van der Waals surface area (Å²) in [6.07, 6.45) is 0. The Morgan fingerprint density at radius 1 is 1.16 bits per heavy atom. The molecule has 1 aliphatic rings. The molecule has 1 aliphatic heterocycles. The number of aryl methyl sites for hydroxylation is 1. The van der Waals surface area contributed by atoms with E-state index in [1.165, 1.54) is 22.5 Å². The highest BCUT2D eigenvalue weighted by Crippen LogP contribution is 2.28. The van der Waals surface area contributed by atoms with Gasteiger partial charge in [-0.1, -0.05) is 23.7 Å². The van der Waals surface area contributed by atoms with E-state index in [0.717, 1.165) is 11.1 Å². The van der Waals surface area contributed by atoms with Crippen molar-refractivity contribution in [2.24, 2.45) is 0 Å². The lowest BCUT2D eigenvalue weighted by atomic mass is 10.0. The highest BCUT2D eigenvalue weighted by Gasteiger charge is 2.28. The molecule has 3 rings (SSSR count). The van der Waals surface area contributed by atoms with E-state index >= 15 is 0 Å². The van der Waals surface area contributed by atoms with Crippen LogP contribution in [0.15, 0.2) is 41.3 Å². The summed E-state index contributed by atoms with van der Waals surface area (Å²) in [6, 6.07) is 9.41. The summed E-state index contributed by atoms with van der Waals surface area (Å²) >= 11 is 6.12. The van der Waals surface area contributed by atoms with Crippen molar-refractivity contribution in [3.05, 3.63) is 58.1 Å². The van der Waals surface area contributed by atoms with Crippen LogP contribution in [0, 0.1) is 13.8 Å². The number of halogens is 1. The van der Waals surface area contributed by atoms with Crippen LogP contribution in [-0.2, 0) is 24.3 Å². The fraction of sp³-hybridized carbons (Fsp3) is 0.333. The Hall–Kier alpha value is -2.46. The average molecular weight is 467 g/mol. The number of sulfonamides is 1. The first-order valence-electron chi connectivity index (χ1n) is 9.61. The van der Waals surface area contributed by atoms with Gasteiger partial charge in [-0.2, -0.15) is 4.31 Å². The van der Waals surface area contributed by atoms with Crippen LogP contribution in [0.3, 0.4) is 0 Å². The highest BCUT2D eigenvalue weighted by molar-refractivity contribution is 7.89. The molecule has 2 aromatic rings. The minimum Gasteiger partial charge on any atom is -0.452 e. The summed E-state index contributed by atoms with van der Waals surface area (Å²) in [7, 11) is -3.84. The molecule has 0 bridgehead atoms. The van der Waals surface area contributed by atoms with Crippen LogP contribution in [0.1, 0.15) is 21.5 Å². The lowest BCUT2D eigenvalue weighted by Crippen LogP contribution is -2.40. The molecule has 1 N–H and O–H groups in total. The monoisotopic (exact) mass is 466 g/mol. The molecule has 0 spiro atoms. The number of hydrogen-bond donors (Lipinski definition) is 1. The van der Waals surface area contributed by atoms with Crippen LogP contribution in [0.5, 0.6) is 0 Å². The lowest BCUT2D eigenvalue weighted by molar-refractivity contribution is -0.119. The van der Waals surface area contributed by atoms with Crippen molar-refractivity contribution < 1.29 is 27.5 Å². The van der Waals surface area contributed by atoms with Crippen molar-refractivity contribution in [1.82, 2.24) is 4.31 Å². The second-order valence-electron chi connectivity index (χ2n) is 7.03. The number of nitrogens with one attached hydrogen (secondary N) is 1. The van der Waals surface area contributed by atoms with E-state index in [1.54, 1.807) is 19.1 Å². The summed E-state index contributed by atoms with van der Waals surface area (Å²) in [4.78, 5) is 24.4. The third kappa shape index (κ3) is 5.43. The van der Waals surface area contributed by atoms with E-state index in [4.69, 9.17) is 21.1 Å². The number of carbonyl (C=O) groups is 2. The number of anilines is 1. The van der Waals surface area contributed by atoms with E-state index in [0.29, 0.717) is 18.8 Å². The number of amides is 1. The fourth-order valence-electron chi connectivity index (χ4n) is 3.08. The van der Waals surface area contributed by atoms with E-state index in [1.807, 2.05) is 13.0 Å². The molecule has 10 heteroatoms. The minimum atomic E-state index is -3.84. The first-order chi connectivity index (χ1) is 14.7. The molecule has 0 unspecified atom stereocenters. The molecular formula is C21H23ClN2O6S. The third-order valence-electron chi connectivity index (χ3n) is 4.96. The molecule has 1 amide bonds. The van der Waals surface area contributed by atoms with Crippen LogP contribution in [0.4, 0.5) is 5.69 Å². The number of hydrogen-bond acceptors (Lipinski definition) is 6. The van der Waals surface area contributed by atoms with Crippen molar-refractivity contribution in [3.8, 4) is 0 Å². The Kier molecular flexibility index (Phi) is 7.32. The molecule has 2 aromatic carbocycles. The number of morpholine rings is 1. The van der Waals surface area contributed by atoms with Gasteiger partial charge in [-0.15, -0.1) is 0 Å². The van der Waals surface area contributed by atoms with E-state index in [-0.39, 0.29) is 28.7 Å². The smallest absolute Gasteiger partial charge is 0.338 e. The fourth-order valence-corrected chi connectivity index (χ4v) is 4.99. The zero-order valence-corrected chi connectivity index (χ0v) is 18.8. The first kappa shape index (κ1) is 23.2. The van der Waals surface area contributed by atoms with Crippen LogP contribution >= 0.6 is 11.6 Å². The molecular weight excluding hydrogens is 444 g/mol. The predicted octanol–water partition coefficient (Wildman–Crippen LogP) is 2.77. The lowest BCUT2D eigenvalue weighted by Gasteiger charge is -2.26. The largest absolute Gasteiger partial charge is 0.452 e. The highest BCUT2D eigenvalue weighted by atomic mass is 35.5. The Labute approximate surface area is 186 Å². The van der Waals surface area contributed by atoms with Gasteiger partial charge in [0, 0.05) is 18.8 Å². The summed E-state index contributed by atoms with van der Waals surface area (Å²) in [6.45, 7) is 4.23. The number of ether oxygens (including phenoxy) is 2. The molecule has 1 saturated heterocycles. The van der Waals surface area contributed by atoms with Crippen LogP contribution < -0.4 is 5.32 Å². The molecule has 0 aromatic heterocycles. The zero-order valence-electron chi connectivity index (χ0n) is 17.2. The van der Waals surface area contributed by atoms with Crippen LogP contribution in [0.2, 0.25) is 5.02 Å². The minimum absolute atomic E-state index is 0.0471. The standard InChI is InChI=1S/C21H23ClN2O6S/c1-14-4-3-5-17(15(14)2)21(26)30-13-20(25)23-16-6-7-18(22)19(12-16)31(27,28)24-8-10-29-11-9-24/h3-7,12H,8-11,13H2,1-2H3,(H,23,25). The Morgan fingerprint density at radius 2 is 1.87 bits per heavy atom. The third-order valence-corrected chi connectivity index (χ3v) is 7.34. The van der Waals surface area contributed by atoms with Gasteiger partial charge in [0.05, 0.1) is 23.8 Å². The molecule has 0 radical (unpaired) electrons. The van der Waals surface area contributed by atoms with Crippen molar-refractivity contribution in [2.45, 2.75) is 18.7 Å². The van der Waals surface area contributed by atoms with Gasteiger partial charge in [-0.25, -0.2) is 13.2 Å². The topological polar surface area (TPSA) is 102 Å². The van der Waals surface area contributed by atoms with Gasteiger partial charge in [-0.05, 0) is 49.2 Å². The average Bonchev–Trinajstić information content (AvgIpc) is 2.76. The van der Waals surface area contributed by atoms with Crippen molar-refractivity contribution in [2.75, 3.05) is 38.2 Å². The van der Waals surface area contributed by atoms with Gasteiger partial charge >= 0.3 is 5.97 Å². The zero-order chi connectivity index (χ0) is 22.6. The summed E-state index contributed by atoms with van der Waals surface area (Å²) in [5, 5.41) is 2.58. The second-order valence-corrected chi connectivity index (χ2v) is 9.35. The Balaban J connectivity index is 1.67. The SMILES string of the molecule is Cc1cccc(C(=O)OCC(=O)Nc2ccc(Cl)c(S(=O)(=O)N3CCOCC3)c2)c1C. The Morgan fingerprint density at radius 3 is 2.58 bits per heavy atom. The van der Waals surface area contributed by atoms with Crippen LogP contribution in [-0.4, -0.2) is 57.5 Å². The second kappa shape index (κ2) is 9.78. The van der Waals surface area contributed by atoms with Gasteiger partial charge in [0.25, 0.3) is 5.91 Å². The summed E-state index contributed by atoms with van der Waals surface area (Å²) < 4.78 is 37.3. The Bertz CT molecular complexity index is 1100. The normalized spacial score (nSPS) is 14.8. The molecule has 0 saturated carbocycles. The van der Waals surface area contributed by atoms with Gasteiger partial charge < -0.3 is 14.8 Å². The maximum Gasteiger partial charge on any atom is 0.338 e. The first-order valence-corrected chi connectivity index (χ1v) is 11.4. The molecule has 31 heavy (non-hydrogen) atoms. The van der Waals surface area contributed by atoms with Gasteiger partial charge in [0.15, 0.2) is 6.61 Å². The quantitative estimate of drug-likeness (QED) is 0.657. The van der Waals surface area contributed by atoms with E-state index in [2.05, 4.69) is 5.32 Å². The molecule has 0 atom stereocenters. The van der Waals surface area contributed by atoms with Crippen molar-refractivity contribution in [3.63, 3.8) is 0 Å². The number of carbonyl (C=O) groups excluding carboxylic acids is 2. The molecule has 1 heterocycles. The van der Waals surface area contributed by atoms with Gasteiger partial charge in [0.1, 0.15) is 4.90 Å².